The van der Waals surface area contributed by atoms with Gasteiger partial charge in [-0.2, -0.15) is 0 Å². The van der Waals surface area contributed by atoms with Crippen molar-refractivity contribution in [1.29, 1.82) is 0 Å². The van der Waals surface area contributed by atoms with Gasteiger partial charge in [0.15, 0.2) is 0 Å². The molecule has 1 saturated heterocycles. The molecule has 2 rings (SSSR count). The Kier molecular flexibility index (Phi) is 3.55. The van der Waals surface area contributed by atoms with E-state index in [1.165, 1.54) is 12.8 Å². The van der Waals surface area contributed by atoms with Crippen molar-refractivity contribution >= 4 is 11.8 Å². The van der Waals surface area contributed by atoms with Crippen LogP contribution in [0.2, 0.25) is 0 Å². The van der Waals surface area contributed by atoms with E-state index >= 15 is 0 Å². The number of imide groups is 1. The molecule has 3 nitrogen and oxygen atoms in total. The number of carbonyl (C=O) groups excluding carboxylic acids is 2. The van der Waals surface area contributed by atoms with Gasteiger partial charge in [0.2, 0.25) is 11.8 Å². The van der Waals surface area contributed by atoms with Gasteiger partial charge in [0.1, 0.15) is 0 Å². The van der Waals surface area contributed by atoms with Crippen LogP contribution in [0.25, 0.3) is 0 Å². The number of hydrogen-bond donors (Lipinski definition) is 1. The molecule has 1 aliphatic carbocycles. The molecule has 96 valence electrons. The summed E-state index contributed by atoms with van der Waals surface area (Å²) in [5.74, 6) is 0.642. The normalized spacial score (nSPS) is 38.2. The Bertz CT molecular complexity index is 326. The van der Waals surface area contributed by atoms with Gasteiger partial charge < -0.3 is 0 Å². The molecule has 3 heteroatoms. The van der Waals surface area contributed by atoms with Gasteiger partial charge in [-0.3, -0.25) is 14.9 Å². The summed E-state index contributed by atoms with van der Waals surface area (Å²) in [4.78, 5) is 23.7. The van der Waals surface area contributed by atoms with E-state index in [1.807, 2.05) is 0 Å². The molecule has 0 bridgehead atoms. The molecule has 3 atom stereocenters. The molecule has 1 saturated carbocycles. The summed E-state index contributed by atoms with van der Waals surface area (Å²) in [6.07, 6.45) is 7.03. The predicted molar refractivity (Wildman–Crippen MR) is 66.2 cm³/mol. The quantitative estimate of drug-likeness (QED) is 0.750. The van der Waals surface area contributed by atoms with Crippen molar-refractivity contribution in [1.82, 2.24) is 5.32 Å². The lowest BCUT2D eigenvalue weighted by atomic mass is 9.59. The fourth-order valence-electron chi connectivity index (χ4n) is 3.89. The lowest BCUT2D eigenvalue weighted by molar-refractivity contribution is -0.146. The Morgan fingerprint density at radius 2 is 2.18 bits per heavy atom. The molecule has 2 fully saturated rings. The standard InChI is InChI=1S/C14H23NO2/c1-3-5-11-13(17)15-12(16)9-14(11)7-4-6-10(2)8-14/h10-11H,3-9H2,1-2H3,(H,15,16,17). The Morgan fingerprint density at radius 3 is 2.82 bits per heavy atom. The number of nitrogens with one attached hydrogen (secondary N) is 1. The molecule has 1 spiro atoms. The largest absolute Gasteiger partial charge is 0.296 e. The second kappa shape index (κ2) is 4.79. The third kappa shape index (κ3) is 2.38. The molecule has 2 aliphatic rings. The Hall–Kier alpha value is -0.860. The molecule has 0 aromatic heterocycles. The van der Waals surface area contributed by atoms with Crippen molar-refractivity contribution in [2.24, 2.45) is 17.3 Å². The van der Waals surface area contributed by atoms with E-state index in [-0.39, 0.29) is 23.1 Å². The van der Waals surface area contributed by atoms with E-state index in [0.717, 1.165) is 25.7 Å². The van der Waals surface area contributed by atoms with Gasteiger partial charge in [0.25, 0.3) is 0 Å². The van der Waals surface area contributed by atoms with Gasteiger partial charge in [-0.05, 0) is 30.6 Å². The minimum absolute atomic E-state index is 0.0165. The maximum atomic E-state index is 12.0. The van der Waals surface area contributed by atoms with Crippen LogP contribution in [0.5, 0.6) is 0 Å². The van der Waals surface area contributed by atoms with Crippen molar-refractivity contribution in [3.8, 4) is 0 Å². The summed E-state index contributed by atoms with van der Waals surface area (Å²) in [5.41, 5.74) is -0.0207. The first-order valence-electron chi connectivity index (χ1n) is 6.91. The molecule has 1 N–H and O–H groups in total. The molecule has 2 amide bonds. The van der Waals surface area contributed by atoms with Crippen LogP contribution in [0.1, 0.15) is 58.8 Å². The first kappa shape index (κ1) is 12.6. The first-order valence-corrected chi connectivity index (χ1v) is 6.91. The second-order valence-electron chi connectivity index (χ2n) is 5.99. The maximum Gasteiger partial charge on any atom is 0.230 e. The number of carbonyl (C=O) groups is 2. The number of amides is 2. The average Bonchev–Trinajstić information content (AvgIpc) is 2.23. The molecule has 0 aromatic rings. The van der Waals surface area contributed by atoms with E-state index in [2.05, 4.69) is 19.2 Å². The first-order chi connectivity index (χ1) is 8.07. The van der Waals surface area contributed by atoms with Gasteiger partial charge in [-0.25, -0.2) is 0 Å². The molecule has 17 heavy (non-hydrogen) atoms. The van der Waals surface area contributed by atoms with Crippen molar-refractivity contribution in [2.75, 3.05) is 0 Å². The summed E-state index contributed by atoms with van der Waals surface area (Å²) < 4.78 is 0. The van der Waals surface area contributed by atoms with Gasteiger partial charge in [-0.1, -0.05) is 33.1 Å². The van der Waals surface area contributed by atoms with Crippen LogP contribution in [0.15, 0.2) is 0 Å². The average molecular weight is 237 g/mol. The highest BCUT2D eigenvalue weighted by molar-refractivity contribution is 5.99. The summed E-state index contributed by atoms with van der Waals surface area (Å²) in [5, 5.41) is 2.52. The van der Waals surface area contributed by atoms with Crippen LogP contribution < -0.4 is 5.32 Å². The fraction of sp³-hybridized carbons (Fsp3) is 0.857. The zero-order chi connectivity index (χ0) is 12.5. The van der Waals surface area contributed by atoms with Gasteiger partial charge in [-0.15, -0.1) is 0 Å². The minimum Gasteiger partial charge on any atom is -0.296 e. The van der Waals surface area contributed by atoms with Crippen molar-refractivity contribution < 1.29 is 9.59 Å². The van der Waals surface area contributed by atoms with Crippen molar-refractivity contribution in [3.63, 3.8) is 0 Å². The highest BCUT2D eigenvalue weighted by atomic mass is 16.2. The zero-order valence-corrected chi connectivity index (χ0v) is 10.9. The fourth-order valence-corrected chi connectivity index (χ4v) is 3.89. The third-order valence-electron chi connectivity index (χ3n) is 4.53. The molecule has 3 unspecified atom stereocenters. The number of piperidine rings is 1. The van der Waals surface area contributed by atoms with E-state index in [4.69, 9.17) is 0 Å². The molecular weight excluding hydrogens is 214 g/mol. The SMILES string of the molecule is CCCC1C(=O)NC(=O)CC12CCCC(C)C2. The van der Waals surface area contributed by atoms with E-state index in [0.29, 0.717) is 12.3 Å². The van der Waals surface area contributed by atoms with Crippen LogP contribution in [0, 0.1) is 17.3 Å². The Labute approximate surface area is 103 Å². The van der Waals surface area contributed by atoms with Crippen LogP contribution in [-0.2, 0) is 9.59 Å². The van der Waals surface area contributed by atoms with Gasteiger partial charge in [0, 0.05) is 12.3 Å². The maximum absolute atomic E-state index is 12.0. The summed E-state index contributed by atoms with van der Waals surface area (Å²) in [6.45, 7) is 4.37. The lowest BCUT2D eigenvalue weighted by Crippen LogP contribution is -2.53. The van der Waals surface area contributed by atoms with E-state index in [1.54, 1.807) is 0 Å². The van der Waals surface area contributed by atoms with E-state index in [9.17, 15) is 9.59 Å². The van der Waals surface area contributed by atoms with Crippen LogP contribution in [0.3, 0.4) is 0 Å². The lowest BCUT2D eigenvalue weighted by Gasteiger charge is -2.47. The smallest absolute Gasteiger partial charge is 0.230 e. The monoisotopic (exact) mass is 237 g/mol. The van der Waals surface area contributed by atoms with Crippen LogP contribution in [0.4, 0.5) is 0 Å². The molecular formula is C14H23NO2. The highest BCUT2D eigenvalue weighted by Crippen LogP contribution is 2.50. The Morgan fingerprint density at radius 1 is 1.41 bits per heavy atom. The third-order valence-corrected chi connectivity index (χ3v) is 4.53. The molecule has 0 radical (unpaired) electrons. The summed E-state index contributed by atoms with van der Waals surface area (Å²) in [7, 11) is 0. The van der Waals surface area contributed by atoms with Crippen LogP contribution in [-0.4, -0.2) is 11.8 Å². The minimum atomic E-state index is -0.0588. The van der Waals surface area contributed by atoms with Crippen LogP contribution >= 0.6 is 0 Å². The predicted octanol–water partition coefficient (Wildman–Crippen LogP) is 2.65. The van der Waals surface area contributed by atoms with E-state index < -0.39 is 0 Å². The molecule has 1 aliphatic heterocycles. The van der Waals surface area contributed by atoms with Gasteiger partial charge in [0.05, 0.1) is 0 Å². The molecule has 1 heterocycles. The zero-order valence-electron chi connectivity index (χ0n) is 10.9. The van der Waals surface area contributed by atoms with Crippen molar-refractivity contribution in [2.45, 2.75) is 58.8 Å². The summed E-state index contributed by atoms with van der Waals surface area (Å²) in [6, 6.07) is 0. The highest BCUT2D eigenvalue weighted by Gasteiger charge is 2.49. The van der Waals surface area contributed by atoms with Crippen molar-refractivity contribution in [3.05, 3.63) is 0 Å². The number of rotatable bonds is 2. The molecule has 0 aromatic carbocycles. The summed E-state index contributed by atoms with van der Waals surface area (Å²) >= 11 is 0. The second-order valence-corrected chi connectivity index (χ2v) is 5.99. The number of hydrogen-bond acceptors (Lipinski definition) is 2. The van der Waals surface area contributed by atoms with Gasteiger partial charge >= 0.3 is 0 Å². The Balaban J connectivity index is 2.24. The topological polar surface area (TPSA) is 46.2 Å².